The van der Waals surface area contributed by atoms with E-state index in [4.69, 9.17) is 4.74 Å². The minimum absolute atomic E-state index is 0.426. The maximum Gasteiger partial charge on any atom is 0.433 e. The molecule has 0 aliphatic rings. The van der Waals surface area contributed by atoms with Gasteiger partial charge in [0.1, 0.15) is 18.1 Å². The van der Waals surface area contributed by atoms with Crippen molar-refractivity contribution in [1.29, 1.82) is 0 Å². The van der Waals surface area contributed by atoms with Gasteiger partial charge in [-0.2, -0.15) is 13.2 Å². The molecule has 0 aliphatic heterocycles. The van der Waals surface area contributed by atoms with Crippen LogP contribution in [-0.4, -0.2) is 4.98 Å². The predicted octanol–water partition coefficient (Wildman–Crippen LogP) is 5.35. The SMILES string of the molecule is FC(F)(F)c1ccc(-c2ccc(COc3ccccc3)cc2)cn1. The van der Waals surface area contributed by atoms with Gasteiger partial charge >= 0.3 is 6.18 Å². The van der Waals surface area contributed by atoms with Gasteiger partial charge in [0, 0.05) is 11.8 Å². The summed E-state index contributed by atoms with van der Waals surface area (Å²) in [7, 11) is 0. The molecule has 0 unspecified atom stereocenters. The van der Waals surface area contributed by atoms with E-state index >= 15 is 0 Å². The van der Waals surface area contributed by atoms with Crippen LogP contribution in [0.1, 0.15) is 11.3 Å². The first-order chi connectivity index (χ1) is 11.5. The average molecular weight is 329 g/mol. The lowest BCUT2D eigenvalue weighted by Gasteiger charge is -2.08. The van der Waals surface area contributed by atoms with Crippen LogP contribution in [0.5, 0.6) is 5.75 Å². The second kappa shape index (κ2) is 6.74. The van der Waals surface area contributed by atoms with E-state index in [1.54, 1.807) is 0 Å². The van der Waals surface area contributed by atoms with Crippen molar-refractivity contribution in [3.8, 4) is 16.9 Å². The molecule has 2 aromatic carbocycles. The smallest absolute Gasteiger partial charge is 0.433 e. The molecule has 24 heavy (non-hydrogen) atoms. The highest BCUT2D eigenvalue weighted by atomic mass is 19.4. The van der Waals surface area contributed by atoms with Crippen molar-refractivity contribution in [1.82, 2.24) is 4.98 Å². The quantitative estimate of drug-likeness (QED) is 0.644. The Bertz CT molecular complexity index is 782. The van der Waals surface area contributed by atoms with Gasteiger partial charge in [-0.05, 0) is 29.3 Å². The summed E-state index contributed by atoms with van der Waals surface area (Å²) in [4.78, 5) is 3.48. The molecule has 1 aromatic heterocycles. The van der Waals surface area contributed by atoms with Crippen molar-refractivity contribution in [2.45, 2.75) is 12.8 Å². The van der Waals surface area contributed by atoms with Gasteiger partial charge in [0.05, 0.1) is 0 Å². The van der Waals surface area contributed by atoms with Crippen LogP contribution in [0.3, 0.4) is 0 Å². The predicted molar refractivity (Wildman–Crippen MR) is 85.4 cm³/mol. The first-order valence-electron chi connectivity index (χ1n) is 7.33. The highest BCUT2D eigenvalue weighted by Crippen LogP contribution is 2.29. The van der Waals surface area contributed by atoms with Crippen LogP contribution in [0.2, 0.25) is 0 Å². The van der Waals surface area contributed by atoms with Crippen molar-refractivity contribution in [3.63, 3.8) is 0 Å². The number of pyridine rings is 1. The van der Waals surface area contributed by atoms with Crippen LogP contribution in [0.4, 0.5) is 13.2 Å². The molecule has 0 amide bonds. The number of aromatic nitrogens is 1. The molecule has 0 fully saturated rings. The Morgan fingerprint density at radius 1 is 0.792 bits per heavy atom. The average Bonchev–Trinajstić information content (AvgIpc) is 2.61. The Morgan fingerprint density at radius 3 is 2.04 bits per heavy atom. The van der Waals surface area contributed by atoms with E-state index in [2.05, 4.69) is 4.98 Å². The number of rotatable bonds is 4. The highest BCUT2D eigenvalue weighted by Gasteiger charge is 2.32. The third-order valence-electron chi connectivity index (χ3n) is 3.49. The molecule has 0 spiro atoms. The summed E-state index contributed by atoms with van der Waals surface area (Å²) in [6.45, 7) is 0.426. The van der Waals surface area contributed by atoms with Crippen molar-refractivity contribution in [2.24, 2.45) is 0 Å². The van der Waals surface area contributed by atoms with Gasteiger partial charge in [-0.3, -0.25) is 4.98 Å². The second-order valence-corrected chi connectivity index (χ2v) is 5.23. The Hall–Kier alpha value is -2.82. The number of halogens is 3. The third kappa shape index (κ3) is 3.93. The number of hydrogen-bond donors (Lipinski definition) is 0. The van der Waals surface area contributed by atoms with Gasteiger partial charge < -0.3 is 4.74 Å². The fourth-order valence-electron chi connectivity index (χ4n) is 2.21. The largest absolute Gasteiger partial charge is 0.489 e. The molecule has 2 nitrogen and oxygen atoms in total. The Morgan fingerprint density at radius 2 is 1.46 bits per heavy atom. The lowest BCUT2D eigenvalue weighted by molar-refractivity contribution is -0.141. The molecular formula is C19H14F3NO. The van der Waals surface area contributed by atoms with Gasteiger partial charge in [0.15, 0.2) is 0 Å². The molecule has 122 valence electrons. The van der Waals surface area contributed by atoms with E-state index in [1.807, 2.05) is 54.6 Å². The summed E-state index contributed by atoms with van der Waals surface area (Å²) in [6.07, 6.45) is -3.19. The molecule has 3 rings (SSSR count). The van der Waals surface area contributed by atoms with E-state index in [9.17, 15) is 13.2 Å². The fourth-order valence-corrected chi connectivity index (χ4v) is 2.21. The van der Waals surface area contributed by atoms with E-state index < -0.39 is 11.9 Å². The normalized spacial score (nSPS) is 11.3. The summed E-state index contributed by atoms with van der Waals surface area (Å²) in [5.41, 5.74) is 1.53. The van der Waals surface area contributed by atoms with Crippen LogP contribution < -0.4 is 4.74 Å². The van der Waals surface area contributed by atoms with E-state index in [0.717, 1.165) is 22.9 Å². The molecule has 0 radical (unpaired) electrons. The van der Waals surface area contributed by atoms with Gasteiger partial charge in [-0.15, -0.1) is 0 Å². The van der Waals surface area contributed by atoms with Gasteiger partial charge in [-0.25, -0.2) is 0 Å². The molecular weight excluding hydrogens is 315 g/mol. The third-order valence-corrected chi connectivity index (χ3v) is 3.49. The Labute approximate surface area is 137 Å². The van der Waals surface area contributed by atoms with Crippen LogP contribution in [-0.2, 0) is 12.8 Å². The highest BCUT2D eigenvalue weighted by molar-refractivity contribution is 5.62. The van der Waals surface area contributed by atoms with Gasteiger partial charge in [-0.1, -0.05) is 48.5 Å². The van der Waals surface area contributed by atoms with E-state index in [0.29, 0.717) is 12.2 Å². The molecule has 0 atom stereocenters. The van der Waals surface area contributed by atoms with Crippen molar-refractivity contribution in [3.05, 3.63) is 84.2 Å². The summed E-state index contributed by atoms with van der Waals surface area (Å²) >= 11 is 0. The number of alkyl halides is 3. The summed E-state index contributed by atoms with van der Waals surface area (Å²) in [5.74, 6) is 0.786. The Kier molecular flexibility index (Phi) is 4.51. The number of para-hydroxylation sites is 1. The van der Waals surface area contributed by atoms with Crippen LogP contribution in [0, 0.1) is 0 Å². The molecule has 3 aromatic rings. The zero-order valence-electron chi connectivity index (χ0n) is 12.6. The topological polar surface area (TPSA) is 22.1 Å². The summed E-state index contributed by atoms with van der Waals surface area (Å²) in [6, 6.07) is 19.3. The van der Waals surface area contributed by atoms with Gasteiger partial charge in [0.2, 0.25) is 0 Å². The van der Waals surface area contributed by atoms with Crippen LogP contribution in [0.25, 0.3) is 11.1 Å². The summed E-state index contributed by atoms with van der Waals surface area (Å²) < 4.78 is 43.2. The number of hydrogen-bond acceptors (Lipinski definition) is 2. The standard InChI is InChI=1S/C19H14F3NO/c20-19(21,22)18-11-10-16(12-23-18)15-8-6-14(7-9-15)13-24-17-4-2-1-3-5-17/h1-12H,13H2. The molecule has 1 heterocycles. The number of ether oxygens (including phenoxy) is 1. The monoisotopic (exact) mass is 329 g/mol. The second-order valence-electron chi connectivity index (χ2n) is 5.23. The molecule has 0 saturated carbocycles. The molecule has 0 saturated heterocycles. The first-order valence-corrected chi connectivity index (χ1v) is 7.33. The molecule has 0 aliphatic carbocycles. The first kappa shape index (κ1) is 16.1. The van der Waals surface area contributed by atoms with Gasteiger partial charge in [0.25, 0.3) is 0 Å². The summed E-state index contributed by atoms with van der Waals surface area (Å²) in [5, 5.41) is 0. The van der Waals surface area contributed by atoms with Crippen molar-refractivity contribution >= 4 is 0 Å². The number of nitrogens with zero attached hydrogens (tertiary/aromatic N) is 1. The fraction of sp³-hybridized carbons (Fsp3) is 0.105. The van der Waals surface area contributed by atoms with Crippen molar-refractivity contribution < 1.29 is 17.9 Å². The maximum absolute atomic E-state index is 12.5. The lowest BCUT2D eigenvalue weighted by Crippen LogP contribution is -2.07. The van der Waals surface area contributed by atoms with E-state index in [-0.39, 0.29) is 0 Å². The van der Waals surface area contributed by atoms with Crippen molar-refractivity contribution in [2.75, 3.05) is 0 Å². The zero-order valence-corrected chi connectivity index (χ0v) is 12.6. The molecule has 5 heteroatoms. The molecule has 0 N–H and O–H groups in total. The Balaban J connectivity index is 1.68. The van der Waals surface area contributed by atoms with Crippen LogP contribution in [0.15, 0.2) is 72.9 Å². The number of benzene rings is 2. The van der Waals surface area contributed by atoms with E-state index in [1.165, 1.54) is 12.3 Å². The van der Waals surface area contributed by atoms with Crippen LogP contribution >= 0.6 is 0 Å². The lowest BCUT2D eigenvalue weighted by atomic mass is 10.1. The minimum Gasteiger partial charge on any atom is -0.489 e. The molecule has 0 bridgehead atoms. The maximum atomic E-state index is 12.5. The zero-order chi connectivity index (χ0) is 17.0. The minimum atomic E-state index is -4.42.